The van der Waals surface area contributed by atoms with Crippen LogP contribution in [0.3, 0.4) is 0 Å². The molecular formula is C11H18N6O2. The van der Waals surface area contributed by atoms with Gasteiger partial charge in [0.05, 0.1) is 12.2 Å². The van der Waals surface area contributed by atoms with E-state index < -0.39 is 11.9 Å². The average Bonchev–Trinajstić information content (AvgIpc) is 3.04. The number of aromatic nitrogens is 3. The molecule has 0 spiro atoms. The topological polar surface area (TPSA) is 115 Å². The molecule has 0 unspecified atom stereocenters. The zero-order chi connectivity index (χ0) is 13.7. The van der Waals surface area contributed by atoms with Gasteiger partial charge in [0, 0.05) is 19.2 Å². The Morgan fingerprint density at radius 1 is 1.47 bits per heavy atom. The molecule has 0 saturated heterocycles. The van der Waals surface area contributed by atoms with E-state index in [-0.39, 0.29) is 6.42 Å². The highest BCUT2D eigenvalue weighted by Gasteiger charge is 2.20. The highest BCUT2D eigenvalue weighted by atomic mass is 16.2. The molecule has 19 heavy (non-hydrogen) atoms. The summed E-state index contributed by atoms with van der Waals surface area (Å²) in [5.74, 6) is 0.406. The summed E-state index contributed by atoms with van der Waals surface area (Å²) in [5, 5.41) is 13.2. The summed E-state index contributed by atoms with van der Waals surface area (Å²) in [6, 6.07) is -0.839. The van der Waals surface area contributed by atoms with Crippen molar-refractivity contribution in [2.75, 3.05) is 6.54 Å². The van der Waals surface area contributed by atoms with Gasteiger partial charge in [-0.05, 0) is 25.3 Å². The van der Waals surface area contributed by atoms with Gasteiger partial charge in [-0.1, -0.05) is 5.21 Å². The molecule has 8 heteroatoms. The third-order valence-electron chi connectivity index (χ3n) is 2.85. The van der Waals surface area contributed by atoms with Crippen LogP contribution in [0.25, 0.3) is 0 Å². The van der Waals surface area contributed by atoms with Crippen LogP contribution in [0.15, 0.2) is 6.20 Å². The summed E-state index contributed by atoms with van der Waals surface area (Å²) in [6.07, 6.45) is 4.56. The van der Waals surface area contributed by atoms with Gasteiger partial charge in [-0.3, -0.25) is 14.8 Å². The second kappa shape index (κ2) is 6.28. The van der Waals surface area contributed by atoms with Crippen molar-refractivity contribution in [3.8, 4) is 0 Å². The lowest BCUT2D eigenvalue weighted by atomic mass is 10.4. The molecule has 104 valence electrons. The Labute approximate surface area is 110 Å². The summed E-state index contributed by atoms with van der Waals surface area (Å²) >= 11 is 0. The van der Waals surface area contributed by atoms with Crippen LogP contribution >= 0.6 is 0 Å². The molecule has 1 aromatic rings. The fourth-order valence-corrected chi connectivity index (χ4v) is 1.67. The smallest absolute Gasteiger partial charge is 0.318 e. The van der Waals surface area contributed by atoms with Crippen LogP contribution in [-0.4, -0.2) is 33.5 Å². The van der Waals surface area contributed by atoms with Crippen LogP contribution in [0.1, 0.15) is 25.0 Å². The molecule has 0 bridgehead atoms. The first-order valence-corrected chi connectivity index (χ1v) is 6.32. The summed E-state index contributed by atoms with van der Waals surface area (Å²) in [6.45, 7) is 2.08. The maximum Gasteiger partial charge on any atom is 0.318 e. The SMILES string of the molecule is NC(=O)NC(=O)CCn1cc(CNCC2CC2)nn1. The number of primary amides is 1. The molecule has 4 N–H and O–H groups in total. The lowest BCUT2D eigenvalue weighted by Gasteiger charge is -2.00. The van der Waals surface area contributed by atoms with Crippen LogP contribution in [0.4, 0.5) is 4.79 Å². The molecule has 1 fully saturated rings. The van der Waals surface area contributed by atoms with Gasteiger partial charge in [-0.25, -0.2) is 4.79 Å². The van der Waals surface area contributed by atoms with Gasteiger partial charge in [0.2, 0.25) is 5.91 Å². The van der Waals surface area contributed by atoms with E-state index in [2.05, 4.69) is 15.6 Å². The van der Waals surface area contributed by atoms with Gasteiger partial charge in [0.15, 0.2) is 0 Å². The molecule has 1 heterocycles. The van der Waals surface area contributed by atoms with Crippen molar-refractivity contribution in [2.45, 2.75) is 32.4 Å². The van der Waals surface area contributed by atoms with E-state index in [4.69, 9.17) is 5.73 Å². The van der Waals surface area contributed by atoms with Crippen molar-refractivity contribution in [2.24, 2.45) is 11.7 Å². The molecule has 1 saturated carbocycles. The molecule has 2 rings (SSSR count). The van der Waals surface area contributed by atoms with Crippen molar-refractivity contribution in [3.05, 3.63) is 11.9 Å². The molecule has 1 aliphatic carbocycles. The number of nitrogens with zero attached hydrogens (tertiary/aromatic N) is 3. The number of nitrogens with two attached hydrogens (primary N) is 1. The van der Waals surface area contributed by atoms with Gasteiger partial charge >= 0.3 is 6.03 Å². The highest BCUT2D eigenvalue weighted by Crippen LogP contribution is 2.27. The number of hydrogen-bond acceptors (Lipinski definition) is 5. The number of carbonyl (C=O) groups is 2. The zero-order valence-corrected chi connectivity index (χ0v) is 10.6. The fourth-order valence-electron chi connectivity index (χ4n) is 1.67. The van der Waals surface area contributed by atoms with Crippen molar-refractivity contribution in [1.29, 1.82) is 0 Å². The number of amides is 3. The number of carbonyl (C=O) groups excluding carboxylic acids is 2. The largest absolute Gasteiger partial charge is 0.351 e. The Morgan fingerprint density at radius 2 is 2.26 bits per heavy atom. The third kappa shape index (κ3) is 5.04. The number of aryl methyl sites for hydroxylation is 1. The number of hydrogen-bond donors (Lipinski definition) is 3. The number of rotatable bonds is 7. The molecule has 1 aromatic heterocycles. The first-order valence-electron chi connectivity index (χ1n) is 6.32. The van der Waals surface area contributed by atoms with Crippen molar-refractivity contribution in [1.82, 2.24) is 25.6 Å². The second-order valence-corrected chi connectivity index (χ2v) is 4.71. The van der Waals surface area contributed by atoms with Crippen molar-refractivity contribution >= 4 is 11.9 Å². The Balaban J connectivity index is 1.67. The third-order valence-corrected chi connectivity index (χ3v) is 2.85. The number of imide groups is 1. The highest BCUT2D eigenvalue weighted by molar-refractivity contribution is 5.93. The van der Waals surface area contributed by atoms with E-state index in [0.717, 1.165) is 18.2 Å². The molecule has 1 aliphatic rings. The monoisotopic (exact) mass is 266 g/mol. The summed E-state index contributed by atoms with van der Waals surface area (Å²) in [4.78, 5) is 21.7. The molecule has 0 atom stereocenters. The quantitative estimate of drug-likeness (QED) is 0.607. The van der Waals surface area contributed by atoms with Gasteiger partial charge in [0.1, 0.15) is 0 Å². The van der Waals surface area contributed by atoms with E-state index in [1.807, 2.05) is 5.32 Å². The van der Waals surface area contributed by atoms with Crippen LogP contribution < -0.4 is 16.4 Å². The van der Waals surface area contributed by atoms with E-state index in [1.54, 1.807) is 10.9 Å². The molecule has 0 aliphatic heterocycles. The minimum atomic E-state index is -0.839. The fraction of sp³-hybridized carbons (Fsp3) is 0.636. The second-order valence-electron chi connectivity index (χ2n) is 4.71. The van der Waals surface area contributed by atoms with Gasteiger partial charge < -0.3 is 11.1 Å². The first-order chi connectivity index (χ1) is 9.13. The van der Waals surface area contributed by atoms with E-state index >= 15 is 0 Å². The van der Waals surface area contributed by atoms with E-state index in [1.165, 1.54) is 12.8 Å². The predicted molar refractivity (Wildman–Crippen MR) is 66.8 cm³/mol. The van der Waals surface area contributed by atoms with Crippen molar-refractivity contribution < 1.29 is 9.59 Å². The standard InChI is InChI=1S/C11H18N6O2/c12-11(19)14-10(18)3-4-17-7-9(15-16-17)6-13-5-8-1-2-8/h7-8,13H,1-6H2,(H3,12,14,18,19). The van der Waals surface area contributed by atoms with Crippen LogP contribution in [0.5, 0.6) is 0 Å². The van der Waals surface area contributed by atoms with Gasteiger partial charge in [0.25, 0.3) is 0 Å². The number of nitrogens with one attached hydrogen (secondary N) is 2. The average molecular weight is 266 g/mol. The Hall–Kier alpha value is -1.96. The number of urea groups is 1. The minimum absolute atomic E-state index is 0.140. The van der Waals surface area contributed by atoms with Crippen LogP contribution in [0, 0.1) is 5.92 Å². The van der Waals surface area contributed by atoms with Crippen LogP contribution in [-0.2, 0) is 17.9 Å². The maximum absolute atomic E-state index is 11.2. The maximum atomic E-state index is 11.2. The van der Waals surface area contributed by atoms with Gasteiger partial charge in [-0.15, -0.1) is 5.10 Å². The summed E-state index contributed by atoms with van der Waals surface area (Å²) < 4.78 is 1.58. The Morgan fingerprint density at radius 3 is 2.95 bits per heavy atom. The minimum Gasteiger partial charge on any atom is -0.351 e. The lowest BCUT2D eigenvalue weighted by molar-refractivity contribution is -0.120. The molecular weight excluding hydrogens is 248 g/mol. The molecule has 0 radical (unpaired) electrons. The Kier molecular flexibility index (Phi) is 4.45. The lowest BCUT2D eigenvalue weighted by Crippen LogP contribution is -2.35. The van der Waals surface area contributed by atoms with Crippen molar-refractivity contribution in [3.63, 3.8) is 0 Å². The zero-order valence-electron chi connectivity index (χ0n) is 10.6. The molecule has 0 aromatic carbocycles. The predicted octanol–water partition coefficient (Wildman–Crippen LogP) is -0.637. The summed E-state index contributed by atoms with van der Waals surface area (Å²) in [5.41, 5.74) is 5.68. The van der Waals surface area contributed by atoms with E-state index in [0.29, 0.717) is 13.1 Å². The molecule has 3 amide bonds. The molecule has 8 nitrogen and oxygen atoms in total. The Bertz CT molecular complexity index is 454. The summed E-state index contributed by atoms with van der Waals surface area (Å²) in [7, 11) is 0. The van der Waals surface area contributed by atoms with Crippen LogP contribution in [0.2, 0.25) is 0 Å². The first kappa shape index (κ1) is 13.5. The normalized spacial score (nSPS) is 14.3. The van der Waals surface area contributed by atoms with Gasteiger partial charge in [-0.2, -0.15) is 0 Å². The van der Waals surface area contributed by atoms with E-state index in [9.17, 15) is 9.59 Å².